The maximum atomic E-state index is 12.3. The zero-order valence-electron chi connectivity index (χ0n) is 23.8. The maximum Gasteiger partial charge on any atom is 0.410 e. The van der Waals surface area contributed by atoms with Crippen LogP contribution in [-0.4, -0.2) is 49.5 Å². The Morgan fingerprint density at radius 2 is 1.70 bits per heavy atom. The van der Waals surface area contributed by atoms with Crippen LogP contribution >= 0.6 is 0 Å². The van der Waals surface area contributed by atoms with Gasteiger partial charge in [0.25, 0.3) is 0 Å². The van der Waals surface area contributed by atoms with Gasteiger partial charge < -0.3 is 14.4 Å². The lowest BCUT2D eigenvalue weighted by atomic mass is 10.0. The molecule has 1 saturated heterocycles. The Kier molecular flexibility index (Phi) is 9.02. The highest BCUT2D eigenvalue weighted by molar-refractivity contribution is 7.90. The first-order chi connectivity index (χ1) is 18.9. The van der Waals surface area contributed by atoms with E-state index in [4.69, 9.17) is 9.47 Å². The van der Waals surface area contributed by atoms with Crippen molar-refractivity contribution in [3.63, 3.8) is 0 Å². The number of rotatable bonds is 6. The number of piperidine rings is 1. The highest BCUT2D eigenvalue weighted by atomic mass is 32.2. The fourth-order valence-electron chi connectivity index (χ4n) is 4.23. The van der Waals surface area contributed by atoms with Crippen LogP contribution < -0.4 is 9.46 Å². The van der Waals surface area contributed by atoms with Gasteiger partial charge in [0.1, 0.15) is 23.0 Å². The van der Waals surface area contributed by atoms with E-state index in [-0.39, 0.29) is 18.7 Å². The predicted octanol–water partition coefficient (Wildman–Crippen LogP) is 6.46. The third kappa shape index (κ3) is 8.20. The molecular formula is C31H38N3O5S+. The van der Waals surface area contributed by atoms with Gasteiger partial charge in [-0.1, -0.05) is 18.2 Å². The van der Waals surface area contributed by atoms with E-state index in [9.17, 15) is 13.2 Å². The van der Waals surface area contributed by atoms with Crippen LogP contribution in [-0.2, 0) is 21.3 Å². The summed E-state index contributed by atoms with van der Waals surface area (Å²) >= 11 is 0. The van der Waals surface area contributed by atoms with Gasteiger partial charge >= 0.3 is 17.8 Å². The molecular weight excluding hydrogens is 526 g/mol. The van der Waals surface area contributed by atoms with Crippen molar-refractivity contribution in [1.29, 1.82) is 0 Å². The third-order valence-corrected chi connectivity index (χ3v) is 8.34. The summed E-state index contributed by atoms with van der Waals surface area (Å²) in [6.07, 6.45) is 1.27. The highest BCUT2D eigenvalue weighted by Crippen LogP contribution is 2.24. The Bertz CT molecular complexity index is 1510. The second-order valence-electron chi connectivity index (χ2n) is 11.3. The lowest BCUT2D eigenvalue weighted by Gasteiger charge is -2.33. The van der Waals surface area contributed by atoms with Gasteiger partial charge in [-0.05, 0) is 86.1 Å². The first kappa shape index (κ1) is 29.4. The molecule has 1 aliphatic heterocycles. The Hall–Kier alpha value is -3.61. The molecule has 0 aliphatic carbocycles. The molecule has 3 aromatic carbocycles. The average molecular weight is 565 g/mol. The lowest BCUT2D eigenvalue weighted by molar-refractivity contribution is 0.0126. The van der Waals surface area contributed by atoms with E-state index in [1.165, 1.54) is 0 Å². The van der Waals surface area contributed by atoms with Crippen molar-refractivity contribution in [2.75, 3.05) is 13.1 Å². The first-order valence-corrected chi connectivity index (χ1v) is 15.2. The van der Waals surface area contributed by atoms with Crippen molar-refractivity contribution in [3.05, 3.63) is 76.6 Å². The van der Waals surface area contributed by atoms with E-state index in [2.05, 4.69) is 15.6 Å². The molecule has 0 bridgehead atoms. The number of benzene rings is 3. The standard InChI is InChI=1S/C31H38N3O5S/c1-22(2)40(36,37)33-21-24-7-9-25-8-6-23(18-26(25)19-24)20-32-27-10-12-28(13-11-27)38-29-14-16-34(17-15-29)30(35)39-31(3,4)5/h6-13,18-19,22,29,33H,14-17,21H2,1-5H3/q+1. The molecule has 0 radical (unpaired) electrons. The molecule has 1 N–H and O–H groups in total. The van der Waals surface area contributed by atoms with E-state index in [1.807, 2.05) is 81.4 Å². The van der Waals surface area contributed by atoms with Crippen LogP contribution in [0.1, 0.15) is 58.6 Å². The molecule has 1 fully saturated rings. The van der Waals surface area contributed by atoms with Gasteiger partial charge in [-0.25, -0.2) is 17.9 Å². The van der Waals surface area contributed by atoms with Crippen LogP contribution in [0.5, 0.6) is 5.75 Å². The van der Waals surface area contributed by atoms with Gasteiger partial charge in [-0.15, -0.1) is 0 Å². The molecule has 0 spiro atoms. The molecule has 0 saturated carbocycles. The van der Waals surface area contributed by atoms with Crippen LogP contribution in [0, 0.1) is 6.07 Å². The second-order valence-corrected chi connectivity index (χ2v) is 13.6. The molecule has 212 valence electrons. The number of fused-ring (bicyclic) bond motifs is 1. The minimum absolute atomic E-state index is 0.0442. The van der Waals surface area contributed by atoms with E-state index < -0.39 is 20.9 Å². The van der Waals surface area contributed by atoms with Gasteiger partial charge in [0.2, 0.25) is 10.0 Å². The minimum Gasteiger partial charge on any atom is -0.490 e. The number of likely N-dealkylation sites (tertiary alicyclic amines) is 1. The quantitative estimate of drug-likeness (QED) is 0.371. The number of hydrogen-bond acceptors (Lipinski definition) is 5. The van der Waals surface area contributed by atoms with Crippen molar-refractivity contribution >= 4 is 32.6 Å². The van der Waals surface area contributed by atoms with Crippen LogP contribution in [0.3, 0.4) is 0 Å². The van der Waals surface area contributed by atoms with Crippen LogP contribution in [0.4, 0.5) is 10.5 Å². The van der Waals surface area contributed by atoms with E-state index >= 15 is 0 Å². The van der Waals surface area contributed by atoms with Gasteiger partial charge in [0, 0.05) is 44.6 Å². The van der Waals surface area contributed by atoms with E-state index in [0.717, 1.165) is 46.2 Å². The largest absolute Gasteiger partial charge is 0.490 e. The summed E-state index contributed by atoms with van der Waals surface area (Å²) in [6.45, 7) is 10.4. The molecule has 3 aromatic rings. The molecule has 1 amide bonds. The fourth-order valence-corrected chi connectivity index (χ4v) is 4.93. The second kappa shape index (κ2) is 12.3. The molecule has 0 atom stereocenters. The van der Waals surface area contributed by atoms with Crippen molar-refractivity contribution in [1.82, 2.24) is 9.62 Å². The molecule has 0 unspecified atom stereocenters. The Morgan fingerprint density at radius 1 is 1.02 bits per heavy atom. The molecule has 8 nitrogen and oxygen atoms in total. The number of sulfonamides is 1. The smallest absolute Gasteiger partial charge is 0.410 e. The average Bonchev–Trinajstić information content (AvgIpc) is 2.90. The molecule has 4 rings (SSSR count). The van der Waals surface area contributed by atoms with E-state index in [1.54, 1.807) is 18.7 Å². The molecule has 1 aliphatic rings. The summed E-state index contributed by atoms with van der Waals surface area (Å²) < 4.78 is 38.4. The van der Waals surface area contributed by atoms with Crippen LogP contribution in [0.25, 0.3) is 15.6 Å². The summed E-state index contributed by atoms with van der Waals surface area (Å²) in [4.78, 5) is 18.5. The molecule has 9 heteroatoms. The van der Waals surface area contributed by atoms with Crippen LogP contribution in [0.2, 0.25) is 0 Å². The summed E-state index contributed by atoms with van der Waals surface area (Å²) in [7, 11) is -3.32. The number of carbonyl (C=O) groups is 1. The number of carbonyl (C=O) groups excluding carboxylic acids is 1. The summed E-state index contributed by atoms with van der Waals surface area (Å²) in [6, 6.07) is 22.5. The topological polar surface area (TPSA) is 89.3 Å². The monoisotopic (exact) mass is 564 g/mol. The number of ether oxygens (including phenoxy) is 2. The number of nitrogens with zero attached hydrogens (tertiary/aromatic N) is 2. The van der Waals surface area contributed by atoms with Crippen molar-refractivity contribution < 1.29 is 22.7 Å². The van der Waals surface area contributed by atoms with Gasteiger partial charge in [0.05, 0.1) is 5.25 Å². The summed E-state index contributed by atoms with van der Waals surface area (Å²) in [5, 5.41) is 1.57. The zero-order valence-corrected chi connectivity index (χ0v) is 24.6. The van der Waals surface area contributed by atoms with Gasteiger partial charge in [-0.3, -0.25) is 0 Å². The number of hydrogen-bond donors (Lipinski definition) is 1. The fraction of sp³-hybridized carbons (Fsp3) is 0.419. The molecule has 1 heterocycles. The Labute approximate surface area is 237 Å². The molecule has 40 heavy (non-hydrogen) atoms. The van der Waals surface area contributed by atoms with Gasteiger partial charge in [0.15, 0.2) is 0 Å². The minimum atomic E-state index is -3.32. The molecule has 0 aromatic heterocycles. The number of amides is 1. The SMILES string of the molecule is CC(C)S(=O)(=O)NCc1ccc2ccc(C#[N+]c3ccc(OC4CCN(C(=O)OC(C)(C)C)CC4)cc3)cc2c1. The van der Waals surface area contributed by atoms with E-state index in [0.29, 0.717) is 13.1 Å². The zero-order chi connectivity index (χ0) is 28.9. The van der Waals surface area contributed by atoms with Crippen LogP contribution in [0.15, 0.2) is 60.7 Å². The Morgan fingerprint density at radius 3 is 2.35 bits per heavy atom. The summed E-state index contributed by atoms with van der Waals surface area (Å²) in [5.74, 6) is 0.765. The predicted molar refractivity (Wildman–Crippen MR) is 159 cm³/mol. The van der Waals surface area contributed by atoms with Crippen molar-refractivity contribution in [3.8, 4) is 11.8 Å². The van der Waals surface area contributed by atoms with Crippen molar-refractivity contribution in [2.24, 2.45) is 0 Å². The summed E-state index contributed by atoms with van der Waals surface area (Å²) in [5.41, 5.74) is 1.97. The maximum absolute atomic E-state index is 12.3. The number of nitrogens with one attached hydrogen (secondary N) is 1. The first-order valence-electron chi connectivity index (χ1n) is 13.6. The Balaban J connectivity index is 1.34. The third-order valence-electron chi connectivity index (χ3n) is 6.55. The highest BCUT2D eigenvalue weighted by Gasteiger charge is 2.27. The van der Waals surface area contributed by atoms with Gasteiger partial charge in [-0.2, -0.15) is 0 Å². The van der Waals surface area contributed by atoms with Crippen molar-refractivity contribution in [2.45, 2.75) is 71.0 Å². The lowest BCUT2D eigenvalue weighted by Crippen LogP contribution is -2.44. The normalized spacial score (nSPS) is 14.6.